The van der Waals surface area contributed by atoms with Gasteiger partial charge in [-0.2, -0.15) is 0 Å². The molecule has 1 aromatic carbocycles. The van der Waals surface area contributed by atoms with Gasteiger partial charge in [0.05, 0.1) is 0 Å². The normalized spacial score (nSPS) is 17.5. The number of hydrogen-bond donors (Lipinski definition) is 1. The quantitative estimate of drug-likeness (QED) is 0.669. The van der Waals surface area contributed by atoms with Gasteiger partial charge in [-0.25, -0.2) is 4.39 Å². The number of halogens is 2. The molecule has 1 N–H and O–H groups in total. The Morgan fingerprint density at radius 3 is 2.89 bits per heavy atom. The third-order valence-corrected chi connectivity index (χ3v) is 3.35. The lowest BCUT2D eigenvalue weighted by atomic mass is 10.2. The maximum Gasteiger partial charge on any atom is 0.276 e. The fraction of sp³-hybridized carbons (Fsp3) is 0.167. The Hall–Kier alpha value is -1.27. The van der Waals surface area contributed by atoms with Crippen molar-refractivity contribution in [1.29, 1.82) is 0 Å². The highest BCUT2D eigenvalue weighted by molar-refractivity contribution is 9.10. The van der Waals surface area contributed by atoms with Gasteiger partial charge in [-0.15, -0.1) is 0 Å². The van der Waals surface area contributed by atoms with E-state index in [0.717, 1.165) is 4.47 Å². The first-order chi connectivity index (χ1) is 8.52. The van der Waals surface area contributed by atoms with Gasteiger partial charge in [0.25, 0.3) is 5.91 Å². The Kier molecular flexibility index (Phi) is 3.77. The first-order valence-electron chi connectivity index (χ1n) is 5.32. The number of carbonyl (C=O) groups excluding carboxylic acids is 1. The predicted octanol–water partition coefficient (Wildman–Crippen LogP) is 2.67. The number of carbonyl (C=O) groups is 1. The highest BCUT2D eigenvalue weighted by Crippen LogP contribution is 2.20. The Bertz CT molecular complexity index is 559. The van der Waals surface area contributed by atoms with Crippen molar-refractivity contribution in [1.82, 2.24) is 10.2 Å². The van der Waals surface area contributed by atoms with Gasteiger partial charge in [-0.3, -0.25) is 9.69 Å². The maximum absolute atomic E-state index is 13.6. The van der Waals surface area contributed by atoms with E-state index in [1.807, 2.05) is 6.92 Å². The van der Waals surface area contributed by atoms with Gasteiger partial charge in [0.15, 0.2) is 5.11 Å². The highest BCUT2D eigenvalue weighted by atomic mass is 79.9. The van der Waals surface area contributed by atoms with E-state index in [1.54, 1.807) is 12.1 Å². The first kappa shape index (κ1) is 13.2. The van der Waals surface area contributed by atoms with Crippen LogP contribution in [0.3, 0.4) is 0 Å². The van der Waals surface area contributed by atoms with E-state index >= 15 is 0 Å². The van der Waals surface area contributed by atoms with Crippen molar-refractivity contribution < 1.29 is 9.18 Å². The SMILES string of the molecule is CCN1C(=O)/C(=C\c2cc(Br)ccc2F)NC1=S. The summed E-state index contributed by atoms with van der Waals surface area (Å²) >= 11 is 8.28. The average molecular weight is 329 g/mol. The van der Waals surface area contributed by atoms with Crippen LogP contribution in [-0.2, 0) is 4.79 Å². The number of likely N-dealkylation sites (N-methyl/N-ethyl adjacent to an activating group) is 1. The van der Waals surface area contributed by atoms with Crippen LogP contribution < -0.4 is 5.32 Å². The van der Waals surface area contributed by atoms with Gasteiger partial charge in [0.1, 0.15) is 11.5 Å². The minimum Gasteiger partial charge on any atom is -0.328 e. The molecule has 0 bridgehead atoms. The largest absolute Gasteiger partial charge is 0.328 e. The predicted molar refractivity (Wildman–Crippen MR) is 75.2 cm³/mol. The molecule has 0 aromatic heterocycles. The molecule has 0 radical (unpaired) electrons. The van der Waals surface area contributed by atoms with Gasteiger partial charge >= 0.3 is 0 Å². The molecule has 94 valence electrons. The van der Waals surface area contributed by atoms with E-state index in [2.05, 4.69) is 21.2 Å². The summed E-state index contributed by atoms with van der Waals surface area (Å²) < 4.78 is 14.3. The number of benzene rings is 1. The van der Waals surface area contributed by atoms with Crippen LogP contribution in [0, 0.1) is 5.82 Å². The molecule has 0 unspecified atom stereocenters. The molecule has 1 saturated heterocycles. The molecule has 6 heteroatoms. The first-order valence-corrected chi connectivity index (χ1v) is 6.52. The molecule has 0 aliphatic carbocycles. The molecule has 2 rings (SSSR count). The van der Waals surface area contributed by atoms with E-state index in [1.165, 1.54) is 17.0 Å². The number of nitrogens with zero attached hydrogens (tertiary/aromatic N) is 1. The maximum atomic E-state index is 13.6. The molecule has 0 atom stereocenters. The van der Waals surface area contributed by atoms with Crippen molar-refractivity contribution in [2.75, 3.05) is 6.54 Å². The zero-order chi connectivity index (χ0) is 13.3. The van der Waals surface area contributed by atoms with Gasteiger partial charge in [-0.1, -0.05) is 15.9 Å². The number of hydrogen-bond acceptors (Lipinski definition) is 2. The Morgan fingerprint density at radius 1 is 1.56 bits per heavy atom. The fourth-order valence-corrected chi connectivity index (χ4v) is 2.34. The van der Waals surface area contributed by atoms with Crippen molar-refractivity contribution in [3.63, 3.8) is 0 Å². The van der Waals surface area contributed by atoms with Crippen LogP contribution in [0.15, 0.2) is 28.4 Å². The van der Waals surface area contributed by atoms with Gasteiger partial charge in [-0.05, 0) is 43.4 Å². The Labute approximate surface area is 118 Å². The molecule has 1 amide bonds. The fourth-order valence-electron chi connectivity index (χ4n) is 1.64. The van der Waals surface area contributed by atoms with E-state index in [0.29, 0.717) is 22.9 Å². The number of nitrogens with one attached hydrogen (secondary N) is 1. The van der Waals surface area contributed by atoms with Crippen LogP contribution in [0.2, 0.25) is 0 Å². The van der Waals surface area contributed by atoms with Crippen LogP contribution in [0.1, 0.15) is 12.5 Å². The minimum absolute atomic E-state index is 0.234. The van der Waals surface area contributed by atoms with Crippen LogP contribution in [-0.4, -0.2) is 22.5 Å². The van der Waals surface area contributed by atoms with Crippen molar-refractivity contribution in [3.8, 4) is 0 Å². The molecule has 1 aliphatic heterocycles. The molecule has 1 aliphatic rings. The second-order valence-corrected chi connectivity index (χ2v) is 5.01. The van der Waals surface area contributed by atoms with Gasteiger partial charge in [0, 0.05) is 16.6 Å². The second-order valence-electron chi connectivity index (χ2n) is 3.70. The minimum atomic E-state index is -0.388. The van der Waals surface area contributed by atoms with Crippen molar-refractivity contribution in [2.24, 2.45) is 0 Å². The zero-order valence-electron chi connectivity index (χ0n) is 9.54. The zero-order valence-corrected chi connectivity index (χ0v) is 11.9. The lowest BCUT2D eigenvalue weighted by Gasteiger charge is -2.08. The molecule has 0 saturated carbocycles. The summed E-state index contributed by atoms with van der Waals surface area (Å²) in [5, 5.41) is 3.14. The van der Waals surface area contributed by atoms with Crippen LogP contribution >= 0.6 is 28.1 Å². The molecule has 1 heterocycles. The number of rotatable bonds is 2. The second kappa shape index (κ2) is 5.16. The molecule has 1 fully saturated rings. The monoisotopic (exact) mass is 328 g/mol. The molecular weight excluding hydrogens is 319 g/mol. The van der Waals surface area contributed by atoms with E-state index in [-0.39, 0.29) is 11.7 Å². The lowest BCUT2D eigenvalue weighted by molar-refractivity contribution is -0.122. The van der Waals surface area contributed by atoms with Crippen LogP contribution in [0.25, 0.3) is 6.08 Å². The molecule has 1 aromatic rings. The smallest absolute Gasteiger partial charge is 0.276 e. The number of amides is 1. The summed E-state index contributed by atoms with van der Waals surface area (Å²) in [6.07, 6.45) is 1.46. The third-order valence-electron chi connectivity index (χ3n) is 2.54. The molecular formula is C12H10BrFN2OS. The van der Waals surface area contributed by atoms with Crippen LogP contribution in [0.5, 0.6) is 0 Å². The van der Waals surface area contributed by atoms with Gasteiger partial charge < -0.3 is 5.32 Å². The average Bonchev–Trinajstić information content (AvgIpc) is 2.59. The van der Waals surface area contributed by atoms with E-state index < -0.39 is 0 Å². The Balaban J connectivity index is 2.38. The van der Waals surface area contributed by atoms with E-state index in [9.17, 15) is 9.18 Å². The Morgan fingerprint density at radius 2 is 2.28 bits per heavy atom. The summed E-state index contributed by atoms with van der Waals surface area (Å²) in [7, 11) is 0. The van der Waals surface area contributed by atoms with Crippen molar-refractivity contribution >= 4 is 45.2 Å². The molecule has 0 spiro atoms. The summed E-state index contributed by atoms with van der Waals surface area (Å²) in [5.74, 6) is -0.622. The lowest BCUT2D eigenvalue weighted by Crippen LogP contribution is -2.30. The summed E-state index contributed by atoms with van der Waals surface area (Å²) in [6.45, 7) is 2.32. The molecule has 18 heavy (non-hydrogen) atoms. The van der Waals surface area contributed by atoms with Crippen LogP contribution in [0.4, 0.5) is 4.39 Å². The molecule has 3 nitrogen and oxygen atoms in total. The highest BCUT2D eigenvalue weighted by Gasteiger charge is 2.29. The third kappa shape index (κ3) is 2.44. The van der Waals surface area contributed by atoms with E-state index in [4.69, 9.17) is 12.2 Å². The van der Waals surface area contributed by atoms with Crippen molar-refractivity contribution in [2.45, 2.75) is 6.92 Å². The topological polar surface area (TPSA) is 32.3 Å². The van der Waals surface area contributed by atoms with Gasteiger partial charge in [0.2, 0.25) is 0 Å². The summed E-state index contributed by atoms with van der Waals surface area (Å²) in [4.78, 5) is 13.3. The van der Waals surface area contributed by atoms with Crippen molar-refractivity contribution in [3.05, 3.63) is 39.7 Å². The number of thiocarbonyl (C=S) groups is 1. The summed E-state index contributed by atoms with van der Waals surface area (Å²) in [6, 6.07) is 4.55. The standard InChI is InChI=1S/C12H10BrFN2OS/c1-2-16-11(17)10(15-12(16)18)6-7-5-8(13)3-4-9(7)14/h3-6H,2H2,1H3,(H,15,18)/b10-6+. The summed E-state index contributed by atoms with van der Waals surface area (Å²) in [5.41, 5.74) is 0.625.